The Labute approximate surface area is 154 Å². The quantitative estimate of drug-likeness (QED) is 0.477. The van der Waals surface area contributed by atoms with Crippen molar-refractivity contribution in [3.05, 3.63) is 30.6 Å². The van der Waals surface area contributed by atoms with Crippen molar-refractivity contribution in [2.45, 2.75) is 41.8 Å². The maximum atomic E-state index is 12.9. The molecule has 0 unspecified atom stereocenters. The number of hydrogen-bond donors (Lipinski definition) is 1. The number of halogens is 12. The van der Waals surface area contributed by atoms with Crippen LogP contribution >= 0.6 is 0 Å². The van der Waals surface area contributed by atoms with Gasteiger partial charge in [-0.3, -0.25) is 9.54 Å². The molecule has 0 aliphatic heterocycles. The van der Waals surface area contributed by atoms with E-state index < -0.39 is 51.9 Å². The third-order valence-corrected chi connectivity index (χ3v) is 3.89. The van der Waals surface area contributed by atoms with Gasteiger partial charge in [0.15, 0.2) is 0 Å². The predicted octanol–water partition coefficient (Wildman–Crippen LogP) is 4.75. The van der Waals surface area contributed by atoms with Crippen molar-refractivity contribution in [1.82, 2.24) is 4.98 Å². The van der Waals surface area contributed by atoms with E-state index in [2.05, 4.69) is 4.98 Å². The maximum Gasteiger partial charge on any atom is 0.438 e. The van der Waals surface area contributed by atoms with Crippen LogP contribution < -0.4 is 0 Å². The minimum Gasteiger partial charge on any atom is -0.281 e. The predicted molar refractivity (Wildman–Crippen MR) is 71.1 cm³/mol. The van der Waals surface area contributed by atoms with Crippen LogP contribution in [0.1, 0.15) is 6.92 Å². The van der Waals surface area contributed by atoms with Crippen molar-refractivity contribution in [3.63, 3.8) is 0 Å². The lowest BCUT2D eigenvalue weighted by Crippen LogP contribution is -2.71. The smallest absolute Gasteiger partial charge is 0.281 e. The van der Waals surface area contributed by atoms with Crippen LogP contribution in [0.25, 0.3) is 0 Å². The molecule has 1 rings (SSSR count). The van der Waals surface area contributed by atoms with E-state index in [1.807, 2.05) is 18.2 Å². The van der Waals surface area contributed by atoms with Gasteiger partial charge < -0.3 is 0 Å². The Balaban J connectivity index is 0.00000110. The Morgan fingerprint density at radius 2 is 1.00 bits per heavy atom. The summed E-state index contributed by atoms with van der Waals surface area (Å²) >= 11 is 0. The summed E-state index contributed by atoms with van der Waals surface area (Å²) in [6.07, 6.45) is 3.50. The fourth-order valence-electron chi connectivity index (χ4n) is 1.33. The van der Waals surface area contributed by atoms with Crippen molar-refractivity contribution >= 4 is 10.1 Å². The maximum absolute atomic E-state index is 12.9. The molecule has 0 radical (unpaired) electrons. The number of alkyl halides is 12. The highest BCUT2D eigenvalue weighted by Gasteiger charge is 2.91. The van der Waals surface area contributed by atoms with E-state index in [9.17, 15) is 61.1 Å². The molecular weight excluding hydrogens is 466 g/mol. The standard InChI is InChI=1S/C7H4F12O3S.C5H5N/c1-2(8,9)3(10,11)4(12,13)5(14,15)6(16,17)7(18,19)23(20,21)22;1-2-4-6-5-3-1/h1H3,(H,20,21,22);1-5H. The molecular formula is C12H9F12NO3S. The Hall–Kier alpha value is -1.78. The molecule has 170 valence electrons. The minimum atomic E-state index is -8.01. The second-order valence-electron chi connectivity index (χ2n) is 5.20. The third kappa shape index (κ3) is 4.54. The van der Waals surface area contributed by atoms with Crippen LogP contribution in [0.3, 0.4) is 0 Å². The molecule has 1 heterocycles. The fourth-order valence-corrected chi connectivity index (χ4v) is 1.78. The Morgan fingerprint density at radius 3 is 1.21 bits per heavy atom. The van der Waals surface area contributed by atoms with Gasteiger partial charge in [-0.1, -0.05) is 6.07 Å². The number of hydrogen-bond acceptors (Lipinski definition) is 3. The van der Waals surface area contributed by atoms with Crippen LogP contribution in [0.15, 0.2) is 30.6 Å². The lowest BCUT2D eigenvalue weighted by atomic mass is 9.95. The lowest BCUT2D eigenvalue weighted by molar-refractivity contribution is -0.414. The van der Waals surface area contributed by atoms with E-state index in [-0.39, 0.29) is 0 Å². The van der Waals surface area contributed by atoms with Gasteiger partial charge in [0.05, 0.1) is 0 Å². The van der Waals surface area contributed by atoms with Crippen molar-refractivity contribution in [2.75, 3.05) is 0 Å². The van der Waals surface area contributed by atoms with Crippen LogP contribution in [-0.2, 0) is 10.1 Å². The van der Waals surface area contributed by atoms with Gasteiger partial charge in [0.2, 0.25) is 0 Å². The van der Waals surface area contributed by atoms with E-state index in [0.29, 0.717) is 0 Å². The fraction of sp³-hybridized carbons (Fsp3) is 0.583. The van der Waals surface area contributed by atoms with Crippen molar-refractivity contribution in [1.29, 1.82) is 0 Å². The van der Waals surface area contributed by atoms with Gasteiger partial charge >= 0.3 is 45.0 Å². The van der Waals surface area contributed by atoms with Crippen molar-refractivity contribution in [3.8, 4) is 0 Å². The van der Waals surface area contributed by atoms with Crippen LogP contribution in [-0.4, -0.2) is 52.8 Å². The molecule has 0 bridgehead atoms. The number of aromatic nitrogens is 1. The summed E-state index contributed by atoms with van der Waals surface area (Å²) in [4.78, 5) is 3.78. The molecule has 0 saturated heterocycles. The summed E-state index contributed by atoms with van der Waals surface area (Å²) in [5, 5.41) is -7.40. The highest BCUT2D eigenvalue weighted by molar-refractivity contribution is 7.87. The van der Waals surface area contributed by atoms with Gasteiger partial charge in [0.1, 0.15) is 0 Å². The molecule has 0 amide bonds. The van der Waals surface area contributed by atoms with Gasteiger partial charge in [-0.25, -0.2) is 0 Å². The van der Waals surface area contributed by atoms with Crippen LogP contribution in [0.2, 0.25) is 0 Å². The average Bonchev–Trinajstić information content (AvgIpc) is 2.54. The molecule has 1 aromatic rings. The van der Waals surface area contributed by atoms with Crippen molar-refractivity contribution in [2.24, 2.45) is 0 Å². The molecule has 17 heteroatoms. The number of nitrogens with zero attached hydrogens (tertiary/aromatic N) is 1. The van der Waals surface area contributed by atoms with E-state index in [4.69, 9.17) is 4.55 Å². The molecule has 0 fully saturated rings. The Bertz CT molecular complexity index is 750. The van der Waals surface area contributed by atoms with Crippen LogP contribution in [0, 0.1) is 0 Å². The highest BCUT2D eigenvalue weighted by Crippen LogP contribution is 2.60. The summed E-state index contributed by atoms with van der Waals surface area (Å²) < 4.78 is 180. The Morgan fingerprint density at radius 1 is 0.655 bits per heavy atom. The summed E-state index contributed by atoms with van der Waals surface area (Å²) in [7, 11) is -7.51. The highest BCUT2D eigenvalue weighted by atomic mass is 32.2. The topological polar surface area (TPSA) is 67.3 Å². The monoisotopic (exact) mass is 475 g/mol. The molecule has 4 nitrogen and oxygen atoms in total. The van der Waals surface area contributed by atoms with Gasteiger partial charge in [0, 0.05) is 19.3 Å². The zero-order valence-corrected chi connectivity index (χ0v) is 14.4. The summed E-state index contributed by atoms with van der Waals surface area (Å²) in [5.41, 5.74) is 0. The average molecular weight is 475 g/mol. The van der Waals surface area contributed by atoms with Crippen LogP contribution in [0.5, 0.6) is 0 Å². The zero-order valence-electron chi connectivity index (χ0n) is 13.5. The molecule has 1 aromatic heterocycles. The van der Waals surface area contributed by atoms with E-state index in [1.54, 1.807) is 12.4 Å². The normalized spacial score (nSPS) is 14.8. The van der Waals surface area contributed by atoms with Crippen LogP contribution in [0.4, 0.5) is 52.7 Å². The third-order valence-electron chi connectivity index (χ3n) is 2.99. The molecule has 0 atom stereocenters. The summed E-state index contributed by atoms with van der Waals surface area (Å²) in [6, 6.07) is 5.72. The SMILES string of the molecule is CC(F)(F)C(F)(F)C(F)(F)C(F)(F)C(F)(F)C(F)(F)S(=O)(=O)O.c1ccncc1. The molecule has 0 aliphatic carbocycles. The summed E-state index contributed by atoms with van der Waals surface area (Å²) in [6.45, 7) is -1.10. The molecule has 0 saturated carbocycles. The molecule has 0 spiro atoms. The van der Waals surface area contributed by atoms with E-state index in [0.717, 1.165) is 0 Å². The first-order valence-corrected chi connectivity index (χ1v) is 8.03. The van der Waals surface area contributed by atoms with E-state index >= 15 is 0 Å². The lowest BCUT2D eigenvalue weighted by Gasteiger charge is -2.39. The second kappa shape index (κ2) is 7.81. The molecule has 1 N–H and O–H groups in total. The minimum absolute atomic E-state index is 1.10. The Kier molecular flexibility index (Phi) is 7.33. The number of pyridine rings is 1. The van der Waals surface area contributed by atoms with Gasteiger partial charge in [-0.2, -0.15) is 61.1 Å². The first-order chi connectivity index (χ1) is 12.5. The van der Waals surface area contributed by atoms with E-state index in [1.165, 1.54) is 0 Å². The van der Waals surface area contributed by atoms with Gasteiger partial charge in [-0.15, -0.1) is 0 Å². The first kappa shape index (κ1) is 27.2. The second-order valence-corrected chi connectivity index (χ2v) is 6.67. The first-order valence-electron chi connectivity index (χ1n) is 6.59. The molecule has 0 aromatic carbocycles. The van der Waals surface area contributed by atoms with Crippen molar-refractivity contribution < 1.29 is 65.7 Å². The van der Waals surface area contributed by atoms with Gasteiger partial charge in [-0.05, 0) is 12.1 Å². The number of rotatable bonds is 6. The summed E-state index contributed by atoms with van der Waals surface area (Å²) in [5.74, 6) is -37.1. The largest absolute Gasteiger partial charge is 0.438 e. The molecule has 29 heavy (non-hydrogen) atoms. The zero-order chi connectivity index (χ0) is 23.7. The van der Waals surface area contributed by atoms with Gasteiger partial charge in [0.25, 0.3) is 0 Å². The molecule has 0 aliphatic rings.